The third-order valence-corrected chi connectivity index (χ3v) is 4.21. The maximum atomic E-state index is 13.2. The first-order valence-corrected chi connectivity index (χ1v) is 9.18. The second-order valence-corrected chi connectivity index (χ2v) is 7.60. The highest BCUT2D eigenvalue weighted by molar-refractivity contribution is 9.10. The molecule has 0 fully saturated rings. The van der Waals surface area contributed by atoms with Crippen LogP contribution in [0.3, 0.4) is 0 Å². The molecule has 1 aliphatic rings. The number of nitrogens with one attached hydrogen (secondary N) is 2. The highest BCUT2D eigenvalue weighted by Gasteiger charge is 2.23. The number of rotatable bonds is 6. The fourth-order valence-corrected chi connectivity index (χ4v) is 3.01. The van der Waals surface area contributed by atoms with E-state index in [0.29, 0.717) is 10.9 Å². The first-order valence-electron chi connectivity index (χ1n) is 6.50. The first kappa shape index (κ1) is 17.9. The smallest absolute Gasteiger partial charge is 0.209 e. The Balaban J connectivity index is 2.01. The highest BCUT2D eigenvalue weighted by atomic mass is 79.9. The van der Waals surface area contributed by atoms with E-state index < -0.39 is 21.9 Å². The van der Waals surface area contributed by atoms with Crippen LogP contribution in [-0.2, 0) is 15.0 Å². The summed E-state index contributed by atoms with van der Waals surface area (Å²) < 4.78 is 38.1. The van der Waals surface area contributed by atoms with Crippen molar-refractivity contribution in [3.63, 3.8) is 0 Å². The van der Waals surface area contributed by atoms with Crippen LogP contribution in [0.15, 0.2) is 34.7 Å². The summed E-state index contributed by atoms with van der Waals surface area (Å²) in [4.78, 5) is 5.07. The van der Waals surface area contributed by atoms with Gasteiger partial charge in [0.15, 0.2) is 5.82 Å². The van der Waals surface area contributed by atoms with Crippen LogP contribution < -0.4 is 15.1 Å². The lowest BCUT2D eigenvalue weighted by molar-refractivity contribution is -0.306. The molecule has 0 saturated heterocycles. The molecule has 8 nitrogen and oxygen atoms in total. The molecular weight excluding hydrogens is 395 g/mol. The normalized spacial score (nSPS) is 16.5. The summed E-state index contributed by atoms with van der Waals surface area (Å²) in [6.45, 7) is 1.89. The van der Waals surface area contributed by atoms with Crippen molar-refractivity contribution < 1.29 is 23.0 Å². The molecule has 1 aliphatic heterocycles. The van der Waals surface area contributed by atoms with Crippen molar-refractivity contribution in [1.82, 2.24) is 15.3 Å². The minimum atomic E-state index is -3.31. The molecule has 1 heterocycles. The molecule has 1 aromatic rings. The molecule has 0 aromatic heterocycles. The van der Waals surface area contributed by atoms with E-state index in [4.69, 9.17) is 4.94 Å². The summed E-state index contributed by atoms with van der Waals surface area (Å²) in [5, 5.41) is 14.3. The summed E-state index contributed by atoms with van der Waals surface area (Å²) in [6.07, 6.45) is 2.50. The number of anilines is 1. The lowest BCUT2D eigenvalue weighted by Crippen LogP contribution is -2.40. The van der Waals surface area contributed by atoms with Gasteiger partial charge in [-0.25, -0.2) is 17.5 Å². The van der Waals surface area contributed by atoms with Gasteiger partial charge in [0.05, 0.1) is 22.6 Å². The molecule has 3 N–H and O–H groups in total. The fraction of sp³-hybridized carbons (Fsp3) is 0.333. The van der Waals surface area contributed by atoms with Gasteiger partial charge in [-0.3, -0.25) is 5.21 Å². The van der Waals surface area contributed by atoms with Gasteiger partial charge in [0.25, 0.3) is 0 Å². The predicted molar refractivity (Wildman–Crippen MR) is 84.8 cm³/mol. The number of halogens is 2. The Kier molecular flexibility index (Phi) is 5.47. The van der Waals surface area contributed by atoms with Crippen molar-refractivity contribution in [1.29, 1.82) is 0 Å². The molecule has 0 radical (unpaired) electrons. The third-order valence-electron chi connectivity index (χ3n) is 2.77. The van der Waals surface area contributed by atoms with Gasteiger partial charge in [-0.2, -0.15) is 5.06 Å². The average molecular weight is 411 g/mol. The first-order chi connectivity index (χ1) is 10.7. The predicted octanol–water partition coefficient (Wildman–Crippen LogP) is 1.27. The lowest BCUT2D eigenvalue weighted by Gasteiger charge is -2.17. The third kappa shape index (κ3) is 5.04. The van der Waals surface area contributed by atoms with Gasteiger partial charge in [0, 0.05) is 12.6 Å². The zero-order valence-electron chi connectivity index (χ0n) is 12.3. The van der Waals surface area contributed by atoms with Crippen molar-refractivity contribution in [2.45, 2.75) is 13.0 Å². The minimum Gasteiger partial charge on any atom is -0.365 e. The van der Waals surface area contributed by atoms with Crippen LogP contribution in [0.5, 0.6) is 0 Å². The van der Waals surface area contributed by atoms with Crippen molar-refractivity contribution in [3.05, 3.63) is 40.5 Å². The minimum absolute atomic E-state index is 0.201. The standard InChI is InChI=1S/C12H16BrFN4O4S/c1-8(16-23(2,20)21)6-15-12-7-17(22-18(12)19)9-3-4-11(14)10(13)5-9/h3-5,7-8,15-16,19H,6H2,1-2H3. The number of hydrogen-bond acceptors (Lipinski definition) is 7. The van der Waals surface area contributed by atoms with Crippen molar-refractivity contribution in [2.75, 3.05) is 17.9 Å². The Hall–Kier alpha value is -1.40. The number of nitrogens with zero attached hydrogens (tertiary/aromatic N) is 2. The van der Waals surface area contributed by atoms with Crippen LogP contribution in [0.2, 0.25) is 0 Å². The van der Waals surface area contributed by atoms with Gasteiger partial charge in [0.1, 0.15) is 5.82 Å². The quantitative estimate of drug-likeness (QED) is 0.649. The molecule has 0 aliphatic carbocycles. The van der Waals surface area contributed by atoms with E-state index in [1.54, 1.807) is 6.92 Å². The van der Waals surface area contributed by atoms with Crippen molar-refractivity contribution >= 4 is 31.6 Å². The summed E-state index contributed by atoms with van der Waals surface area (Å²) in [5.41, 5.74) is 0.483. The van der Waals surface area contributed by atoms with E-state index in [0.717, 1.165) is 6.26 Å². The van der Waals surface area contributed by atoms with E-state index in [1.807, 2.05) is 0 Å². The van der Waals surface area contributed by atoms with Gasteiger partial charge in [-0.05, 0) is 41.1 Å². The Bertz CT molecular complexity index is 715. The second-order valence-electron chi connectivity index (χ2n) is 4.97. The molecule has 0 bridgehead atoms. The van der Waals surface area contributed by atoms with Crippen LogP contribution in [0.1, 0.15) is 6.92 Å². The molecule has 2 rings (SSSR count). The van der Waals surface area contributed by atoms with E-state index in [9.17, 15) is 18.0 Å². The number of benzene rings is 1. The number of sulfonamides is 1. The van der Waals surface area contributed by atoms with Crippen molar-refractivity contribution in [3.8, 4) is 0 Å². The number of hydroxylamine groups is 3. The Labute approximate surface area is 141 Å². The highest BCUT2D eigenvalue weighted by Crippen LogP contribution is 2.27. The molecular formula is C12H16BrFN4O4S. The molecule has 1 aromatic carbocycles. The molecule has 128 valence electrons. The zero-order valence-corrected chi connectivity index (χ0v) is 14.7. The Morgan fingerprint density at radius 3 is 2.78 bits per heavy atom. The fourth-order valence-electron chi connectivity index (χ4n) is 1.83. The monoisotopic (exact) mass is 410 g/mol. The molecule has 1 atom stereocenters. The van der Waals surface area contributed by atoms with Crippen LogP contribution in [-0.4, -0.2) is 37.7 Å². The molecule has 0 saturated carbocycles. The second kappa shape index (κ2) is 7.01. The van der Waals surface area contributed by atoms with Crippen LogP contribution in [0.25, 0.3) is 0 Å². The van der Waals surface area contributed by atoms with Gasteiger partial charge in [-0.1, -0.05) is 5.23 Å². The maximum absolute atomic E-state index is 13.2. The Morgan fingerprint density at radius 2 is 2.17 bits per heavy atom. The van der Waals surface area contributed by atoms with Gasteiger partial charge < -0.3 is 5.32 Å². The molecule has 11 heteroatoms. The number of hydrogen-bond donors (Lipinski definition) is 3. The average Bonchev–Trinajstić information content (AvgIpc) is 2.79. The largest absolute Gasteiger partial charge is 0.365 e. The van der Waals surface area contributed by atoms with Crippen molar-refractivity contribution in [2.24, 2.45) is 0 Å². The zero-order chi connectivity index (χ0) is 17.2. The van der Waals surface area contributed by atoms with E-state index in [1.165, 1.54) is 29.5 Å². The molecule has 0 spiro atoms. The summed E-state index contributed by atoms with van der Waals surface area (Å²) in [6, 6.07) is 3.81. The Morgan fingerprint density at radius 1 is 1.48 bits per heavy atom. The summed E-state index contributed by atoms with van der Waals surface area (Å²) >= 11 is 3.07. The topological polar surface area (TPSA) is 94.1 Å². The van der Waals surface area contributed by atoms with Gasteiger partial charge in [0.2, 0.25) is 10.0 Å². The summed E-state index contributed by atoms with van der Waals surface area (Å²) in [5.74, 6) is -0.218. The van der Waals surface area contributed by atoms with Crippen LogP contribution in [0.4, 0.5) is 10.1 Å². The molecule has 1 unspecified atom stereocenters. The molecule has 23 heavy (non-hydrogen) atoms. The lowest BCUT2D eigenvalue weighted by atomic mass is 10.3. The van der Waals surface area contributed by atoms with Crippen LogP contribution in [0, 0.1) is 5.82 Å². The van der Waals surface area contributed by atoms with E-state index >= 15 is 0 Å². The van der Waals surface area contributed by atoms with Gasteiger partial charge in [-0.15, -0.1) is 4.94 Å². The molecule has 0 amide bonds. The van der Waals surface area contributed by atoms with E-state index in [-0.39, 0.29) is 16.8 Å². The summed E-state index contributed by atoms with van der Waals surface area (Å²) in [7, 11) is -3.31. The van der Waals surface area contributed by atoms with E-state index in [2.05, 4.69) is 26.0 Å². The van der Waals surface area contributed by atoms with Crippen LogP contribution >= 0.6 is 15.9 Å². The SMILES string of the molecule is CC(CNC1=CN(c2ccc(F)c(Br)c2)ON1O)NS(C)(=O)=O. The maximum Gasteiger partial charge on any atom is 0.209 e. The van der Waals surface area contributed by atoms with Gasteiger partial charge >= 0.3 is 0 Å².